The molecule has 2 aromatic carbocycles. The summed E-state index contributed by atoms with van der Waals surface area (Å²) >= 11 is 0. The molecule has 0 aliphatic heterocycles. The van der Waals surface area contributed by atoms with E-state index in [1.807, 2.05) is 18.2 Å². The Hall–Kier alpha value is -2.33. The normalized spacial score (nSPS) is 13.1. The first-order valence-corrected chi connectivity index (χ1v) is 8.44. The average molecular weight is 324 g/mol. The molecule has 1 atom stereocenters. The molecule has 0 aromatic heterocycles. The van der Waals surface area contributed by atoms with Crippen LogP contribution in [-0.4, -0.2) is 37.5 Å². The van der Waals surface area contributed by atoms with Crippen LogP contribution in [0, 0.1) is 0 Å². The summed E-state index contributed by atoms with van der Waals surface area (Å²) in [5, 5.41) is 3.18. The lowest BCUT2D eigenvalue weighted by molar-refractivity contribution is 0.298. The number of guanidine groups is 1. The van der Waals surface area contributed by atoms with Gasteiger partial charge in [-0.25, -0.2) is 0 Å². The van der Waals surface area contributed by atoms with Crippen molar-refractivity contribution in [3.05, 3.63) is 65.7 Å². The number of hydrogen-bond acceptors (Lipinski definition) is 2. The number of rotatable bonds is 7. The predicted molar refractivity (Wildman–Crippen MR) is 104 cm³/mol. The van der Waals surface area contributed by atoms with E-state index in [1.165, 1.54) is 11.1 Å². The summed E-state index contributed by atoms with van der Waals surface area (Å²) in [5.74, 6) is 0.461. The topological polar surface area (TPSA) is 53.6 Å². The maximum Gasteiger partial charge on any atom is 0.193 e. The van der Waals surface area contributed by atoms with Crippen LogP contribution in [0.2, 0.25) is 0 Å². The Balaban J connectivity index is 1.97. The van der Waals surface area contributed by atoms with Crippen molar-refractivity contribution >= 4 is 11.6 Å². The lowest BCUT2D eigenvalue weighted by atomic mass is 10.1. The number of aliphatic imine (C=N–C) groups is 1. The first-order valence-electron chi connectivity index (χ1n) is 8.44. The van der Waals surface area contributed by atoms with E-state index < -0.39 is 0 Å². The van der Waals surface area contributed by atoms with Crippen molar-refractivity contribution < 1.29 is 0 Å². The Kier molecular flexibility index (Phi) is 6.82. The van der Waals surface area contributed by atoms with E-state index in [0.717, 1.165) is 18.5 Å². The summed E-state index contributed by atoms with van der Waals surface area (Å²) in [6.07, 6.45) is 1.96. The minimum absolute atomic E-state index is 0.315. The van der Waals surface area contributed by atoms with Gasteiger partial charge in [0, 0.05) is 11.7 Å². The fraction of sp³-hybridized carbons (Fsp3) is 0.350. The highest BCUT2D eigenvalue weighted by Crippen LogP contribution is 2.11. The van der Waals surface area contributed by atoms with Gasteiger partial charge in [-0.15, -0.1) is 0 Å². The zero-order chi connectivity index (χ0) is 17.4. The highest BCUT2D eigenvalue weighted by atomic mass is 15.1. The lowest BCUT2D eigenvalue weighted by Gasteiger charge is -2.23. The third-order valence-electron chi connectivity index (χ3n) is 4.12. The van der Waals surface area contributed by atoms with Gasteiger partial charge in [0.1, 0.15) is 0 Å². The minimum Gasteiger partial charge on any atom is -0.370 e. The van der Waals surface area contributed by atoms with Gasteiger partial charge in [0.2, 0.25) is 0 Å². The number of benzene rings is 2. The van der Waals surface area contributed by atoms with E-state index in [0.29, 0.717) is 18.5 Å². The molecule has 0 heterocycles. The van der Waals surface area contributed by atoms with Gasteiger partial charge in [0.15, 0.2) is 5.96 Å². The number of nitrogens with zero attached hydrogens (tertiary/aromatic N) is 2. The molecular formula is C20H28N4. The molecule has 128 valence electrons. The maximum absolute atomic E-state index is 6.06. The lowest BCUT2D eigenvalue weighted by Crippen LogP contribution is -2.34. The molecule has 0 radical (unpaired) electrons. The van der Waals surface area contributed by atoms with E-state index in [4.69, 9.17) is 5.73 Å². The van der Waals surface area contributed by atoms with Crippen molar-refractivity contribution in [2.24, 2.45) is 10.7 Å². The van der Waals surface area contributed by atoms with Crippen molar-refractivity contribution in [3.8, 4) is 0 Å². The molecule has 0 aliphatic rings. The van der Waals surface area contributed by atoms with Gasteiger partial charge < -0.3 is 16.0 Å². The molecule has 2 rings (SSSR count). The number of likely N-dealkylation sites (N-methyl/N-ethyl adjacent to an activating group) is 1. The van der Waals surface area contributed by atoms with Crippen molar-refractivity contribution in [3.63, 3.8) is 0 Å². The number of nitrogens with one attached hydrogen (secondary N) is 1. The largest absolute Gasteiger partial charge is 0.370 e. The van der Waals surface area contributed by atoms with Gasteiger partial charge >= 0.3 is 0 Å². The molecule has 0 fully saturated rings. The number of anilines is 1. The van der Waals surface area contributed by atoms with Crippen LogP contribution in [-0.2, 0) is 12.8 Å². The van der Waals surface area contributed by atoms with Crippen molar-refractivity contribution in [2.45, 2.75) is 25.8 Å². The standard InChI is InChI=1S/C20H28N4/c1-4-16-11-8-12-18(13-16)23-20(21)22-15-19(24(2)3)14-17-9-6-5-7-10-17/h5-13,19H,4,14-15H2,1-3H3,(H3,21,22,23). The second-order valence-corrected chi connectivity index (χ2v) is 6.21. The fourth-order valence-electron chi connectivity index (χ4n) is 2.56. The zero-order valence-corrected chi connectivity index (χ0v) is 14.9. The Morgan fingerprint density at radius 2 is 1.79 bits per heavy atom. The van der Waals surface area contributed by atoms with Gasteiger partial charge in [0.05, 0.1) is 6.54 Å². The van der Waals surface area contributed by atoms with E-state index >= 15 is 0 Å². The number of nitrogens with two attached hydrogens (primary N) is 1. The predicted octanol–water partition coefficient (Wildman–Crippen LogP) is 3.15. The molecule has 4 heteroatoms. The number of aryl methyl sites for hydroxylation is 1. The van der Waals surface area contributed by atoms with E-state index in [9.17, 15) is 0 Å². The minimum atomic E-state index is 0.315. The van der Waals surface area contributed by atoms with Crippen molar-refractivity contribution in [1.29, 1.82) is 0 Å². The smallest absolute Gasteiger partial charge is 0.193 e. The SMILES string of the molecule is CCc1cccc(NC(N)=NCC(Cc2ccccc2)N(C)C)c1. The third-order valence-corrected chi connectivity index (χ3v) is 4.12. The first-order chi connectivity index (χ1) is 11.6. The summed E-state index contributed by atoms with van der Waals surface area (Å²) in [6, 6.07) is 19.1. The van der Waals surface area contributed by atoms with E-state index in [-0.39, 0.29) is 0 Å². The summed E-state index contributed by atoms with van der Waals surface area (Å²) in [7, 11) is 4.16. The Morgan fingerprint density at radius 1 is 1.08 bits per heavy atom. The molecule has 0 spiro atoms. The molecule has 0 bridgehead atoms. The van der Waals surface area contributed by atoms with Gasteiger partial charge in [-0.05, 0) is 50.2 Å². The second-order valence-electron chi connectivity index (χ2n) is 6.21. The molecule has 24 heavy (non-hydrogen) atoms. The van der Waals surface area contributed by atoms with Gasteiger partial charge in [-0.3, -0.25) is 4.99 Å². The quantitative estimate of drug-likeness (QED) is 0.608. The highest BCUT2D eigenvalue weighted by Gasteiger charge is 2.12. The molecule has 0 amide bonds. The molecule has 1 unspecified atom stereocenters. The van der Waals surface area contributed by atoms with Crippen molar-refractivity contribution in [1.82, 2.24) is 4.90 Å². The van der Waals surface area contributed by atoms with Crippen LogP contribution in [0.3, 0.4) is 0 Å². The van der Waals surface area contributed by atoms with Crippen LogP contribution in [0.25, 0.3) is 0 Å². The average Bonchev–Trinajstić information content (AvgIpc) is 2.59. The Labute approximate surface area is 145 Å². The molecule has 0 aliphatic carbocycles. The van der Waals surface area contributed by atoms with Crippen LogP contribution in [0.1, 0.15) is 18.1 Å². The van der Waals surface area contributed by atoms with Gasteiger partial charge in [0.25, 0.3) is 0 Å². The molecule has 4 nitrogen and oxygen atoms in total. The first kappa shape index (κ1) is 18.0. The van der Waals surface area contributed by atoms with Crippen LogP contribution < -0.4 is 11.1 Å². The summed E-state index contributed by atoms with van der Waals surface area (Å²) in [4.78, 5) is 6.73. The second kappa shape index (κ2) is 9.08. The molecule has 2 aromatic rings. The van der Waals surface area contributed by atoms with E-state index in [1.54, 1.807) is 0 Å². The summed E-state index contributed by atoms with van der Waals surface area (Å²) in [6.45, 7) is 2.80. The Bertz CT molecular complexity index is 650. The highest BCUT2D eigenvalue weighted by molar-refractivity contribution is 5.92. The van der Waals surface area contributed by atoms with Crippen molar-refractivity contribution in [2.75, 3.05) is 26.0 Å². The number of hydrogen-bond donors (Lipinski definition) is 2. The molecule has 3 N–H and O–H groups in total. The van der Waals surface area contributed by atoms with Crippen LogP contribution >= 0.6 is 0 Å². The van der Waals surface area contributed by atoms with Gasteiger partial charge in [-0.2, -0.15) is 0 Å². The molecular weight excluding hydrogens is 296 g/mol. The zero-order valence-electron chi connectivity index (χ0n) is 14.9. The third kappa shape index (κ3) is 5.70. The van der Waals surface area contributed by atoms with Crippen LogP contribution in [0.5, 0.6) is 0 Å². The fourth-order valence-corrected chi connectivity index (χ4v) is 2.56. The van der Waals surface area contributed by atoms with Gasteiger partial charge in [-0.1, -0.05) is 49.4 Å². The van der Waals surface area contributed by atoms with Crippen LogP contribution in [0.4, 0.5) is 5.69 Å². The Morgan fingerprint density at radius 3 is 2.46 bits per heavy atom. The monoisotopic (exact) mass is 324 g/mol. The van der Waals surface area contributed by atoms with E-state index in [2.05, 4.69) is 72.6 Å². The summed E-state index contributed by atoms with van der Waals surface area (Å²) < 4.78 is 0. The molecule has 0 saturated carbocycles. The summed E-state index contributed by atoms with van der Waals surface area (Å²) in [5.41, 5.74) is 9.64. The maximum atomic E-state index is 6.06. The molecule has 0 saturated heterocycles. The van der Waals surface area contributed by atoms with Crippen LogP contribution in [0.15, 0.2) is 59.6 Å².